The monoisotopic (exact) mass is 588 g/mol. The van der Waals surface area contributed by atoms with E-state index in [0.29, 0.717) is 31.9 Å². The van der Waals surface area contributed by atoms with Crippen LogP contribution in [0.3, 0.4) is 0 Å². The molecule has 16 nitrogen and oxygen atoms in total. The Labute approximate surface area is 239 Å². The molecule has 0 radical (unpaired) electrons. The van der Waals surface area contributed by atoms with E-state index >= 15 is 0 Å². The molecule has 41 heavy (non-hydrogen) atoms. The zero-order valence-corrected chi connectivity index (χ0v) is 23.7. The van der Waals surface area contributed by atoms with Crippen molar-refractivity contribution in [3.8, 4) is 0 Å². The third kappa shape index (κ3) is 17.2. The van der Waals surface area contributed by atoms with Crippen LogP contribution in [0.25, 0.3) is 0 Å². The van der Waals surface area contributed by atoms with Crippen LogP contribution in [0, 0.1) is 0 Å². The van der Waals surface area contributed by atoms with Crippen LogP contribution in [0.2, 0.25) is 0 Å². The van der Waals surface area contributed by atoms with E-state index < -0.39 is 29.8 Å². The molecular formula is C25H44N6O10. The highest BCUT2D eigenvalue weighted by Crippen LogP contribution is 2.05. The van der Waals surface area contributed by atoms with Crippen molar-refractivity contribution in [2.75, 3.05) is 111 Å². The van der Waals surface area contributed by atoms with E-state index in [1.165, 1.54) is 0 Å². The fourth-order valence-corrected chi connectivity index (χ4v) is 4.46. The number of carboxylic acid groups (broad SMARTS) is 5. The Morgan fingerprint density at radius 3 is 0.756 bits per heavy atom. The minimum atomic E-state index is -1.09. The Bertz CT molecular complexity index is 848. The lowest BCUT2D eigenvalue weighted by atomic mass is 10.3. The second-order valence-electron chi connectivity index (χ2n) is 10.1. The summed E-state index contributed by atoms with van der Waals surface area (Å²) >= 11 is 0. The SMILES string of the molecule is C=C(C)N1CCN(CC(=O)O)CCN(CC(=O)O)CCN(CC(=O)O)CCN(CC(=O)O)CCN(CC(=O)O)CC1. The van der Waals surface area contributed by atoms with Crippen molar-refractivity contribution in [1.29, 1.82) is 0 Å². The predicted octanol–water partition coefficient (Wildman–Crippen LogP) is -2.23. The van der Waals surface area contributed by atoms with Crippen molar-refractivity contribution in [2.24, 2.45) is 0 Å². The summed E-state index contributed by atoms with van der Waals surface area (Å²) in [5, 5.41) is 47.0. The molecular weight excluding hydrogens is 544 g/mol. The molecule has 0 aromatic heterocycles. The summed E-state index contributed by atoms with van der Waals surface area (Å²) in [6, 6.07) is 0. The average molecular weight is 589 g/mol. The van der Waals surface area contributed by atoms with Crippen molar-refractivity contribution >= 4 is 29.8 Å². The normalized spacial score (nSPS) is 19.2. The largest absolute Gasteiger partial charge is 0.480 e. The van der Waals surface area contributed by atoms with Crippen LogP contribution in [0.4, 0.5) is 0 Å². The molecule has 0 saturated carbocycles. The lowest BCUT2D eigenvalue weighted by Crippen LogP contribution is -2.48. The van der Waals surface area contributed by atoms with E-state index in [0.717, 1.165) is 0 Å². The highest BCUT2D eigenvalue weighted by molar-refractivity contribution is 5.70. The van der Waals surface area contributed by atoms with Gasteiger partial charge in [0.05, 0.1) is 32.7 Å². The molecule has 1 fully saturated rings. The highest BCUT2D eigenvalue weighted by atomic mass is 16.4. The van der Waals surface area contributed by atoms with Gasteiger partial charge in [-0.15, -0.1) is 0 Å². The summed E-state index contributed by atoms with van der Waals surface area (Å²) in [6.07, 6.45) is 0. The third-order valence-electron chi connectivity index (χ3n) is 6.64. The topological polar surface area (TPSA) is 206 Å². The van der Waals surface area contributed by atoms with Gasteiger partial charge in [-0.2, -0.15) is 0 Å². The molecule has 0 amide bonds. The quantitative estimate of drug-likeness (QED) is 0.173. The second-order valence-corrected chi connectivity index (χ2v) is 10.1. The van der Waals surface area contributed by atoms with Crippen LogP contribution in [-0.2, 0) is 24.0 Å². The summed E-state index contributed by atoms with van der Waals surface area (Å²) in [5.41, 5.74) is 0.712. The molecule has 0 spiro atoms. The van der Waals surface area contributed by atoms with Crippen LogP contribution >= 0.6 is 0 Å². The van der Waals surface area contributed by atoms with Crippen LogP contribution in [0.5, 0.6) is 0 Å². The molecule has 1 aliphatic rings. The van der Waals surface area contributed by atoms with Crippen molar-refractivity contribution in [3.05, 3.63) is 12.3 Å². The molecule has 0 aliphatic carbocycles. The zero-order chi connectivity index (χ0) is 30.9. The van der Waals surface area contributed by atoms with Gasteiger partial charge in [-0.1, -0.05) is 6.58 Å². The van der Waals surface area contributed by atoms with Crippen LogP contribution in [-0.4, -0.2) is 196 Å². The molecule has 5 N–H and O–H groups in total. The van der Waals surface area contributed by atoms with E-state index in [-0.39, 0.29) is 85.1 Å². The molecule has 234 valence electrons. The highest BCUT2D eigenvalue weighted by Gasteiger charge is 2.21. The minimum Gasteiger partial charge on any atom is -0.480 e. The Kier molecular flexibility index (Phi) is 16.5. The van der Waals surface area contributed by atoms with Crippen molar-refractivity contribution in [3.63, 3.8) is 0 Å². The van der Waals surface area contributed by atoms with Crippen molar-refractivity contribution in [1.82, 2.24) is 29.4 Å². The van der Waals surface area contributed by atoms with Gasteiger partial charge in [0, 0.05) is 84.2 Å². The molecule has 0 bridgehead atoms. The Morgan fingerprint density at radius 2 is 0.610 bits per heavy atom. The van der Waals surface area contributed by atoms with E-state index in [1.807, 2.05) is 4.90 Å². The Balaban J connectivity index is 3.26. The predicted molar refractivity (Wildman–Crippen MR) is 147 cm³/mol. The minimum absolute atomic E-state index is 0.188. The third-order valence-corrected chi connectivity index (χ3v) is 6.64. The van der Waals surface area contributed by atoms with Gasteiger partial charge in [0.15, 0.2) is 0 Å². The van der Waals surface area contributed by atoms with Gasteiger partial charge >= 0.3 is 29.8 Å². The molecule has 16 heteroatoms. The summed E-state index contributed by atoms with van der Waals surface area (Å²) in [5.74, 6) is -5.32. The van der Waals surface area contributed by atoms with Crippen LogP contribution in [0.1, 0.15) is 6.92 Å². The van der Waals surface area contributed by atoms with Gasteiger partial charge in [0.2, 0.25) is 0 Å². The maximum atomic E-state index is 11.5. The van der Waals surface area contributed by atoms with Gasteiger partial charge in [0.1, 0.15) is 0 Å². The van der Waals surface area contributed by atoms with Gasteiger partial charge in [-0.25, -0.2) is 0 Å². The van der Waals surface area contributed by atoms with Crippen molar-refractivity contribution in [2.45, 2.75) is 6.92 Å². The summed E-state index contributed by atoms with van der Waals surface area (Å²) in [7, 11) is 0. The fraction of sp³-hybridized carbons (Fsp3) is 0.720. The van der Waals surface area contributed by atoms with E-state index in [9.17, 15) is 49.5 Å². The van der Waals surface area contributed by atoms with E-state index in [1.54, 1.807) is 31.4 Å². The summed E-state index contributed by atoms with van der Waals surface area (Å²) < 4.78 is 0. The first-order chi connectivity index (χ1) is 19.2. The average Bonchev–Trinajstić information content (AvgIpc) is 2.83. The van der Waals surface area contributed by atoms with Gasteiger partial charge in [-0.3, -0.25) is 48.5 Å². The van der Waals surface area contributed by atoms with Gasteiger partial charge in [-0.05, 0) is 6.92 Å². The Hall–Kier alpha value is -3.31. The molecule has 0 aromatic rings. The van der Waals surface area contributed by atoms with E-state index in [4.69, 9.17) is 0 Å². The molecule has 0 unspecified atom stereocenters. The van der Waals surface area contributed by atoms with Crippen LogP contribution < -0.4 is 0 Å². The molecule has 1 rings (SSSR count). The number of allylic oxidation sites excluding steroid dienone is 1. The first-order valence-electron chi connectivity index (χ1n) is 13.4. The lowest BCUT2D eigenvalue weighted by molar-refractivity contribution is -0.141. The molecule has 0 aromatic carbocycles. The second kappa shape index (κ2) is 18.9. The molecule has 1 saturated heterocycles. The lowest BCUT2D eigenvalue weighted by Gasteiger charge is -2.33. The van der Waals surface area contributed by atoms with Gasteiger partial charge < -0.3 is 30.4 Å². The summed E-state index contributed by atoms with van der Waals surface area (Å²) in [4.78, 5) is 67.6. The zero-order valence-electron chi connectivity index (χ0n) is 23.7. The molecule has 0 atom stereocenters. The number of carbonyl (C=O) groups is 5. The Morgan fingerprint density at radius 1 is 0.439 bits per heavy atom. The number of hydrogen-bond acceptors (Lipinski definition) is 11. The standard InChI is InChI=1S/C25H44N6O10/c1-20(2)31-13-11-29(18-24(38)39)9-7-27(16-22(34)35)5-3-26(15-21(32)33)4-6-28(17-23(36)37)8-10-30(12-14-31)19-25(40)41/h1,3-19H2,2H3,(H,32,33)(H,34,35)(H,36,37)(H,38,39)(H,40,41). The number of aliphatic carboxylic acids is 5. The fourth-order valence-electron chi connectivity index (χ4n) is 4.46. The number of hydrogen-bond donors (Lipinski definition) is 5. The first-order valence-corrected chi connectivity index (χ1v) is 13.4. The maximum absolute atomic E-state index is 11.5. The molecule has 1 heterocycles. The number of nitrogens with zero attached hydrogens (tertiary/aromatic N) is 6. The van der Waals surface area contributed by atoms with Crippen molar-refractivity contribution < 1.29 is 49.5 Å². The summed E-state index contributed by atoms with van der Waals surface area (Å²) in [6.45, 7) is 7.47. The molecule has 1 aliphatic heterocycles. The smallest absolute Gasteiger partial charge is 0.317 e. The van der Waals surface area contributed by atoms with Crippen LogP contribution in [0.15, 0.2) is 12.3 Å². The van der Waals surface area contributed by atoms with Gasteiger partial charge in [0.25, 0.3) is 0 Å². The van der Waals surface area contributed by atoms with E-state index in [2.05, 4.69) is 6.58 Å². The number of rotatable bonds is 11. The maximum Gasteiger partial charge on any atom is 0.317 e. The first kappa shape index (κ1) is 35.7. The number of carboxylic acids is 5.